The highest BCUT2D eigenvalue weighted by Crippen LogP contribution is 2.42. The van der Waals surface area contributed by atoms with E-state index in [9.17, 15) is 23.4 Å². The number of methoxy groups -OCH3 is 1. The maximum Gasteiger partial charge on any atom is 0.447 e. The van der Waals surface area contributed by atoms with Gasteiger partial charge in [-0.25, -0.2) is 0 Å². The van der Waals surface area contributed by atoms with Gasteiger partial charge in [0.2, 0.25) is 0 Å². The number of benzene rings is 1. The number of hydrogen-bond donors (Lipinski definition) is 2. The lowest BCUT2D eigenvalue weighted by atomic mass is 10.00. The van der Waals surface area contributed by atoms with E-state index in [0.717, 1.165) is 25.3 Å². The first-order valence-corrected chi connectivity index (χ1v) is 6.72. The molecule has 1 heterocycles. The summed E-state index contributed by atoms with van der Waals surface area (Å²) < 4.78 is 43.7. The van der Waals surface area contributed by atoms with Crippen LogP contribution in [0.15, 0.2) is 18.2 Å². The maximum absolute atomic E-state index is 12.9. The Morgan fingerprint density at radius 2 is 1.71 bits per heavy atom. The van der Waals surface area contributed by atoms with E-state index in [1.54, 1.807) is 4.90 Å². The minimum Gasteiger partial charge on any atom is -0.497 e. The number of ether oxygens (including phenoxy) is 1. The van der Waals surface area contributed by atoms with E-state index in [0.29, 0.717) is 13.1 Å². The average molecular weight is 305 g/mol. The van der Waals surface area contributed by atoms with E-state index in [2.05, 4.69) is 0 Å². The molecule has 0 aliphatic carbocycles. The third-order valence-corrected chi connectivity index (χ3v) is 3.67. The Morgan fingerprint density at radius 3 is 2.24 bits per heavy atom. The Labute approximate surface area is 120 Å². The molecule has 0 atom stereocenters. The van der Waals surface area contributed by atoms with Crippen molar-refractivity contribution in [2.75, 3.05) is 25.1 Å². The van der Waals surface area contributed by atoms with Crippen molar-refractivity contribution in [1.82, 2.24) is 0 Å². The zero-order chi connectivity index (χ0) is 15.7. The molecule has 118 valence electrons. The molecule has 0 bridgehead atoms. The normalized spacial score (nSPS) is 17.0. The molecule has 1 aliphatic heterocycles. The number of aliphatic hydroxyl groups is 2. The number of rotatable bonds is 3. The van der Waals surface area contributed by atoms with Gasteiger partial charge in [-0.15, -0.1) is 0 Å². The van der Waals surface area contributed by atoms with E-state index in [-0.39, 0.29) is 11.4 Å². The van der Waals surface area contributed by atoms with Crippen LogP contribution in [0.5, 0.6) is 5.75 Å². The third kappa shape index (κ3) is 3.08. The van der Waals surface area contributed by atoms with Gasteiger partial charge in [0.25, 0.3) is 5.79 Å². The first kappa shape index (κ1) is 15.9. The van der Waals surface area contributed by atoms with E-state index >= 15 is 0 Å². The van der Waals surface area contributed by atoms with Crippen molar-refractivity contribution in [1.29, 1.82) is 0 Å². The lowest BCUT2D eigenvalue weighted by Gasteiger charge is -2.34. The van der Waals surface area contributed by atoms with Crippen LogP contribution in [0.2, 0.25) is 0 Å². The summed E-state index contributed by atoms with van der Waals surface area (Å²) in [5.74, 6) is -3.77. The first-order valence-electron chi connectivity index (χ1n) is 6.72. The summed E-state index contributed by atoms with van der Waals surface area (Å²) in [5.41, 5.74) is -0.422. The van der Waals surface area contributed by atoms with Gasteiger partial charge in [-0.05, 0) is 37.5 Å². The van der Waals surface area contributed by atoms with Gasteiger partial charge < -0.3 is 19.8 Å². The van der Waals surface area contributed by atoms with Crippen LogP contribution in [-0.2, 0) is 5.79 Å². The van der Waals surface area contributed by atoms with Crippen LogP contribution in [-0.4, -0.2) is 36.6 Å². The fraction of sp³-hybridized carbons (Fsp3) is 0.571. The molecule has 0 aromatic heterocycles. The first-order chi connectivity index (χ1) is 9.77. The highest BCUT2D eigenvalue weighted by atomic mass is 19.4. The molecule has 1 aliphatic rings. The Kier molecular flexibility index (Phi) is 4.34. The number of piperidine rings is 1. The summed E-state index contributed by atoms with van der Waals surface area (Å²) in [6, 6.07) is 3.98. The fourth-order valence-corrected chi connectivity index (χ4v) is 2.48. The molecule has 0 saturated carbocycles. The second-order valence-corrected chi connectivity index (χ2v) is 5.10. The minimum absolute atomic E-state index is 0.141. The van der Waals surface area contributed by atoms with Crippen molar-refractivity contribution < 1.29 is 28.1 Å². The predicted octanol–water partition coefficient (Wildman–Crippen LogP) is 2.39. The second-order valence-electron chi connectivity index (χ2n) is 5.10. The van der Waals surface area contributed by atoms with Crippen molar-refractivity contribution in [3.05, 3.63) is 23.8 Å². The molecule has 2 rings (SSSR count). The molecule has 7 heteroatoms. The van der Waals surface area contributed by atoms with E-state index < -0.39 is 17.5 Å². The van der Waals surface area contributed by atoms with Crippen molar-refractivity contribution in [2.24, 2.45) is 0 Å². The largest absolute Gasteiger partial charge is 0.497 e. The molecule has 2 N–H and O–H groups in total. The zero-order valence-electron chi connectivity index (χ0n) is 11.7. The zero-order valence-corrected chi connectivity index (χ0v) is 11.7. The lowest BCUT2D eigenvalue weighted by Crippen LogP contribution is -2.44. The van der Waals surface area contributed by atoms with Crippen LogP contribution in [0.25, 0.3) is 0 Å². The maximum atomic E-state index is 12.9. The lowest BCUT2D eigenvalue weighted by molar-refractivity contribution is -0.358. The number of alkyl halides is 3. The van der Waals surface area contributed by atoms with Crippen molar-refractivity contribution in [2.45, 2.75) is 31.2 Å². The van der Waals surface area contributed by atoms with E-state index in [1.807, 2.05) is 0 Å². The molecule has 1 saturated heterocycles. The molecule has 1 aromatic carbocycles. The summed E-state index contributed by atoms with van der Waals surface area (Å²) in [4.78, 5) is 1.74. The van der Waals surface area contributed by atoms with Crippen molar-refractivity contribution >= 4 is 5.69 Å². The van der Waals surface area contributed by atoms with Gasteiger partial charge in [0.1, 0.15) is 5.75 Å². The highest BCUT2D eigenvalue weighted by molar-refractivity contribution is 5.58. The number of hydrogen-bond acceptors (Lipinski definition) is 4. The van der Waals surface area contributed by atoms with Crippen LogP contribution in [0.4, 0.5) is 18.9 Å². The molecule has 1 aromatic rings. The highest BCUT2D eigenvalue weighted by Gasteiger charge is 2.55. The van der Waals surface area contributed by atoms with Gasteiger partial charge in [0, 0.05) is 24.3 Å². The summed E-state index contributed by atoms with van der Waals surface area (Å²) in [7, 11) is 1.31. The number of nitrogens with zero attached hydrogens (tertiary/aromatic N) is 1. The van der Waals surface area contributed by atoms with Crippen LogP contribution in [0.1, 0.15) is 24.8 Å². The molecule has 0 amide bonds. The van der Waals surface area contributed by atoms with Gasteiger partial charge >= 0.3 is 6.18 Å². The molecule has 0 unspecified atom stereocenters. The fourth-order valence-electron chi connectivity index (χ4n) is 2.48. The van der Waals surface area contributed by atoms with E-state index in [1.165, 1.54) is 19.2 Å². The molecule has 4 nitrogen and oxygen atoms in total. The Hall–Kier alpha value is -1.47. The van der Waals surface area contributed by atoms with Gasteiger partial charge in [-0.2, -0.15) is 13.2 Å². The molecular weight excluding hydrogens is 287 g/mol. The summed E-state index contributed by atoms with van der Waals surface area (Å²) in [6.45, 7) is 1.18. The SMILES string of the molecule is COc1ccc(N2CCCCC2)c(C(O)(O)C(F)(F)F)c1. The predicted molar refractivity (Wildman–Crippen MR) is 71.2 cm³/mol. The van der Waals surface area contributed by atoms with Gasteiger partial charge in [-0.1, -0.05) is 0 Å². The van der Waals surface area contributed by atoms with Crippen LogP contribution in [0.3, 0.4) is 0 Å². The van der Waals surface area contributed by atoms with Crippen LogP contribution < -0.4 is 9.64 Å². The topological polar surface area (TPSA) is 52.9 Å². The Morgan fingerprint density at radius 1 is 1.10 bits per heavy atom. The number of halogens is 3. The van der Waals surface area contributed by atoms with Crippen molar-refractivity contribution in [3.63, 3.8) is 0 Å². The molecule has 21 heavy (non-hydrogen) atoms. The average Bonchev–Trinajstić information content (AvgIpc) is 2.46. The molecule has 0 radical (unpaired) electrons. The minimum atomic E-state index is -5.19. The summed E-state index contributed by atoms with van der Waals surface area (Å²) >= 11 is 0. The van der Waals surface area contributed by atoms with Crippen molar-refractivity contribution in [3.8, 4) is 5.75 Å². The smallest absolute Gasteiger partial charge is 0.447 e. The molecular formula is C14H18F3NO3. The quantitative estimate of drug-likeness (QED) is 0.842. The number of anilines is 1. The van der Waals surface area contributed by atoms with Crippen LogP contribution >= 0.6 is 0 Å². The van der Waals surface area contributed by atoms with Gasteiger partial charge in [0.15, 0.2) is 0 Å². The molecule has 1 fully saturated rings. The monoisotopic (exact) mass is 305 g/mol. The molecule has 0 spiro atoms. The van der Waals surface area contributed by atoms with E-state index in [4.69, 9.17) is 4.74 Å². The Balaban J connectivity index is 2.50. The summed E-state index contributed by atoms with van der Waals surface area (Å²) in [6.07, 6.45) is -2.45. The van der Waals surface area contributed by atoms with Gasteiger partial charge in [-0.3, -0.25) is 0 Å². The standard InChI is InChI=1S/C14H18F3NO3/c1-21-10-5-6-12(18-7-3-2-4-8-18)11(9-10)13(19,20)14(15,16)17/h5-6,9,19-20H,2-4,7-8H2,1H3. The van der Waals surface area contributed by atoms with Crippen LogP contribution in [0, 0.1) is 0 Å². The van der Waals surface area contributed by atoms with Gasteiger partial charge in [0.05, 0.1) is 7.11 Å². The summed E-state index contributed by atoms with van der Waals surface area (Å²) in [5, 5.41) is 19.2. The Bertz CT molecular complexity index is 497. The third-order valence-electron chi connectivity index (χ3n) is 3.67. The second kappa shape index (κ2) is 5.73.